The minimum atomic E-state index is 0.0491. The minimum Gasteiger partial charge on any atom is -0.330 e. The molecular formula is C14H19N5. The number of aryl methyl sites for hydroxylation is 1. The monoisotopic (exact) mass is 257 g/mol. The number of nitrogens with two attached hydrogens (primary N) is 1. The summed E-state index contributed by atoms with van der Waals surface area (Å²) < 4.78 is 1.95. The zero-order valence-corrected chi connectivity index (χ0v) is 11.0. The van der Waals surface area contributed by atoms with Crippen LogP contribution in [0.4, 0.5) is 0 Å². The third-order valence-corrected chi connectivity index (χ3v) is 3.86. The number of benzene rings is 1. The van der Waals surface area contributed by atoms with Crippen LogP contribution in [0, 0.1) is 0 Å². The molecular weight excluding hydrogens is 238 g/mol. The van der Waals surface area contributed by atoms with Crippen LogP contribution in [0.5, 0.6) is 0 Å². The van der Waals surface area contributed by atoms with Crippen molar-refractivity contribution in [2.24, 2.45) is 5.73 Å². The fourth-order valence-electron chi connectivity index (χ4n) is 2.63. The number of aromatic nitrogens is 4. The van der Waals surface area contributed by atoms with E-state index in [1.54, 1.807) is 0 Å². The predicted molar refractivity (Wildman–Crippen MR) is 72.6 cm³/mol. The number of tetrazole rings is 1. The molecule has 19 heavy (non-hydrogen) atoms. The zero-order chi connectivity index (χ0) is 13.1. The summed E-state index contributed by atoms with van der Waals surface area (Å²) >= 11 is 0. The van der Waals surface area contributed by atoms with Gasteiger partial charge in [0, 0.05) is 6.54 Å². The topological polar surface area (TPSA) is 69.6 Å². The van der Waals surface area contributed by atoms with Gasteiger partial charge in [0.25, 0.3) is 0 Å². The summed E-state index contributed by atoms with van der Waals surface area (Å²) in [6.07, 6.45) is 4.31. The Hall–Kier alpha value is -1.75. The van der Waals surface area contributed by atoms with Gasteiger partial charge in [-0.2, -0.15) is 0 Å². The van der Waals surface area contributed by atoms with Crippen LogP contribution >= 0.6 is 0 Å². The number of rotatable bonds is 6. The Morgan fingerprint density at radius 3 is 2.63 bits per heavy atom. The predicted octanol–water partition coefficient (Wildman–Crippen LogP) is 1.49. The molecule has 1 heterocycles. The quantitative estimate of drug-likeness (QED) is 0.796. The van der Waals surface area contributed by atoms with Gasteiger partial charge in [-0.15, -0.1) is 5.10 Å². The number of nitrogens with zero attached hydrogens (tertiary/aromatic N) is 4. The first-order chi connectivity index (χ1) is 9.37. The molecule has 0 spiro atoms. The van der Waals surface area contributed by atoms with Crippen molar-refractivity contribution in [3.8, 4) is 0 Å². The summed E-state index contributed by atoms with van der Waals surface area (Å²) in [5.74, 6) is 1.01. The largest absolute Gasteiger partial charge is 0.330 e. The van der Waals surface area contributed by atoms with Crippen molar-refractivity contribution in [2.45, 2.75) is 37.6 Å². The lowest BCUT2D eigenvalue weighted by molar-refractivity contribution is 0.510. The molecule has 1 aromatic carbocycles. The average Bonchev–Trinajstić information content (AvgIpc) is 3.13. The molecule has 0 saturated heterocycles. The van der Waals surface area contributed by atoms with E-state index in [0.29, 0.717) is 0 Å². The van der Waals surface area contributed by atoms with Gasteiger partial charge in [-0.05, 0) is 48.2 Å². The van der Waals surface area contributed by atoms with Crippen molar-refractivity contribution in [3.63, 3.8) is 0 Å². The van der Waals surface area contributed by atoms with Gasteiger partial charge in [-0.25, -0.2) is 4.68 Å². The highest BCUT2D eigenvalue weighted by Gasteiger charge is 2.50. The van der Waals surface area contributed by atoms with E-state index in [9.17, 15) is 0 Å². The molecule has 0 unspecified atom stereocenters. The van der Waals surface area contributed by atoms with Gasteiger partial charge in [-0.1, -0.05) is 30.3 Å². The van der Waals surface area contributed by atoms with E-state index in [2.05, 4.69) is 39.8 Å². The first-order valence-electron chi connectivity index (χ1n) is 6.89. The van der Waals surface area contributed by atoms with Gasteiger partial charge in [0.2, 0.25) is 0 Å². The minimum absolute atomic E-state index is 0.0491. The maximum atomic E-state index is 5.53. The van der Waals surface area contributed by atoms with Crippen molar-refractivity contribution in [2.75, 3.05) is 6.54 Å². The van der Waals surface area contributed by atoms with Crippen LogP contribution < -0.4 is 5.73 Å². The molecule has 100 valence electrons. The second-order valence-electron chi connectivity index (χ2n) is 5.17. The van der Waals surface area contributed by atoms with Crippen LogP contribution in [0.3, 0.4) is 0 Å². The summed E-state index contributed by atoms with van der Waals surface area (Å²) in [7, 11) is 0. The van der Waals surface area contributed by atoms with Gasteiger partial charge in [0.15, 0.2) is 5.82 Å². The highest BCUT2D eigenvalue weighted by molar-refractivity contribution is 5.38. The summed E-state index contributed by atoms with van der Waals surface area (Å²) in [5.41, 5.74) is 6.91. The Labute approximate surface area is 112 Å². The lowest BCUT2D eigenvalue weighted by atomic mass is 9.95. The highest BCUT2D eigenvalue weighted by Crippen LogP contribution is 2.52. The number of hydrogen-bond donors (Lipinski definition) is 1. The van der Waals surface area contributed by atoms with Gasteiger partial charge in [-0.3, -0.25) is 0 Å². The van der Waals surface area contributed by atoms with E-state index in [1.807, 2.05) is 10.7 Å². The van der Waals surface area contributed by atoms with Crippen LogP contribution in [0.1, 0.15) is 37.1 Å². The molecule has 1 aromatic heterocycles. The van der Waals surface area contributed by atoms with Crippen molar-refractivity contribution >= 4 is 0 Å². The maximum Gasteiger partial charge on any atom is 0.161 e. The smallest absolute Gasteiger partial charge is 0.161 e. The van der Waals surface area contributed by atoms with Gasteiger partial charge in [0.05, 0.1) is 5.41 Å². The van der Waals surface area contributed by atoms with Crippen LogP contribution in [0.25, 0.3) is 0 Å². The Balaban J connectivity index is 1.84. The van der Waals surface area contributed by atoms with Crippen LogP contribution in [-0.4, -0.2) is 26.8 Å². The third-order valence-electron chi connectivity index (χ3n) is 3.86. The fraction of sp³-hybridized carbons (Fsp3) is 0.500. The van der Waals surface area contributed by atoms with E-state index in [0.717, 1.165) is 44.6 Å². The lowest BCUT2D eigenvalue weighted by Crippen LogP contribution is -2.18. The molecule has 1 fully saturated rings. The van der Waals surface area contributed by atoms with Crippen molar-refractivity contribution in [1.82, 2.24) is 20.2 Å². The maximum absolute atomic E-state index is 5.53. The fourth-order valence-corrected chi connectivity index (χ4v) is 2.63. The van der Waals surface area contributed by atoms with Gasteiger partial charge in [0.1, 0.15) is 0 Å². The molecule has 0 atom stereocenters. The van der Waals surface area contributed by atoms with E-state index < -0.39 is 0 Å². The average molecular weight is 257 g/mol. The Morgan fingerprint density at radius 1 is 1.16 bits per heavy atom. The summed E-state index contributed by atoms with van der Waals surface area (Å²) in [6, 6.07) is 10.6. The highest BCUT2D eigenvalue weighted by atomic mass is 15.5. The molecule has 3 rings (SSSR count). The van der Waals surface area contributed by atoms with Crippen LogP contribution in [-0.2, 0) is 12.0 Å². The molecule has 5 heteroatoms. The Morgan fingerprint density at radius 2 is 1.95 bits per heavy atom. The normalized spacial score (nSPS) is 16.5. The van der Waals surface area contributed by atoms with Crippen LogP contribution in [0.2, 0.25) is 0 Å². The molecule has 1 aliphatic carbocycles. The molecule has 5 nitrogen and oxygen atoms in total. The molecule has 2 aromatic rings. The molecule has 0 amide bonds. The third kappa shape index (κ3) is 2.26. The van der Waals surface area contributed by atoms with Crippen molar-refractivity contribution < 1.29 is 0 Å². The van der Waals surface area contributed by atoms with Crippen molar-refractivity contribution in [3.05, 3.63) is 41.7 Å². The molecule has 0 bridgehead atoms. The van der Waals surface area contributed by atoms with Gasteiger partial charge >= 0.3 is 0 Å². The zero-order valence-electron chi connectivity index (χ0n) is 11.0. The second kappa shape index (κ2) is 5.09. The Kier molecular flexibility index (Phi) is 3.29. The van der Waals surface area contributed by atoms with E-state index in [1.165, 1.54) is 5.56 Å². The summed E-state index contributed by atoms with van der Waals surface area (Å²) in [6.45, 7) is 1.58. The second-order valence-corrected chi connectivity index (χ2v) is 5.17. The Bertz CT molecular complexity index is 530. The molecule has 1 saturated carbocycles. The first-order valence-corrected chi connectivity index (χ1v) is 6.89. The van der Waals surface area contributed by atoms with E-state index in [4.69, 9.17) is 5.73 Å². The van der Waals surface area contributed by atoms with E-state index in [-0.39, 0.29) is 5.41 Å². The molecule has 1 aliphatic rings. The van der Waals surface area contributed by atoms with Gasteiger partial charge < -0.3 is 5.73 Å². The van der Waals surface area contributed by atoms with Crippen molar-refractivity contribution in [1.29, 1.82) is 0 Å². The molecule has 0 aliphatic heterocycles. The van der Waals surface area contributed by atoms with Crippen LogP contribution in [0.15, 0.2) is 30.3 Å². The van der Waals surface area contributed by atoms with E-state index >= 15 is 0 Å². The number of hydrogen-bond acceptors (Lipinski definition) is 4. The SMILES string of the molecule is NCCCCn1nnnc1C1(c2ccccc2)CC1. The molecule has 0 radical (unpaired) electrons. The summed E-state index contributed by atoms with van der Waals surface area (Å²) in [5, 5.41) is 12.3. The first kappa shape index (κ1) is 12.3. The molecule has 2 N–H and O–H groups in total. The summed E-state index contributed by atoms with van der Waals surface area (Å²) in [4.78, 5) is 0. The lowest BCUT2D eigenvalue weighted by Gasteiger charge is -2.15. The standard InChI is InChI=1S/C14H19N5/c15-10-4-5-11-19-13(16-17-18-19)14(8-9-14)12-6-2-1-3-7-12/h1-3,6-7H,4-5,8-11,15H2. The number of unbranched alkanes of at least 4 members (excludes halogenated alkanes) is 1.